The number of hydrogen-bond acceptors (Lipinski definition) is 7. The summed E-state index contributed by atoms with van der Waals surface area (Å²) < 4.78 is 10.7. The van der Waals surface area contributed by atoms with Crippen molar-refractivity contribution < 1.29 is 28.8 Å². The number of likely N-dealkylation sites (N-methyl/N-ethyl adjacent to an activating group) is 1. The van der Waals surface area contributed by atoms with Crippen molar-refractivity contribution in [3.63, 3.8) is 0 Å². The lowest BCUT2D eigenvalue weighted by Crippen LogP contribution is -2.48. The van der Waals surface area contributed by atoms with Gasteiger partial charge in [0, 0.05) is 24.9 Å². The first kappa shape index (κ1) is 27.5. The molecule has 1 atom stereocenters. The topological polar surface area (TPSA) is 136 Å². The van der Waals surface area contributed by atoms with Crippen molar-refractivity contribution in [2.75, 3.05) is 19.7 Å². The normalized spacial score (nSPS) is 12.0. The van der Waals surface area contributed by atoms with Crippen LogP contribution in [-0.4, -0.2) is 59.7 Å². The van der Waals surface area contributed by atoms with E-state index in [1.54, 1.807) is 29.2 Å². The molecule has 0 aliphatic rings. The van der Waals surface area contributed by atoms with Crippen LogP contribution in [0.2, 0.25) is 0 Å². The number of nitriles is 1. The van der Waals surface area contributed by atoms with Crippen LogP contribution in [0.25, 0.3) is 17.0 Å². The highest BCUT2D eigenvalue weighted by Crippen LogP contribution is 2.22. The van der Waals surface area contributed by atoms with Crippen LogP contribution in [0, 0.1) is 11.3 Å². The number of nitrogens with one attached hydrogen (secondary N) is 1. The highest BCUT2D eigenvalue weighted by molar-refractivity contribution is 6.43. The molecule has 1 heterocycles. The fourth-order valence-electron chi connectivity index (χ4n) is 3.94. The highest BCUT2D eigenvalue weighted by atomic mass is 16.5. The first-order valence-electron chi connectivity index (χ1n) is 12.1. The average molecular weight is 503 g/mol. The number of carbonyl (C=O) groups excluding carboxylic acids is 2. The Bertz CT molecular complexity index is 1290. The third-order valence-corrected chi connectivity index (χ3v) is 5.95. The summed E-state index contributed by atoms with van der Waals surface area (Å²) in [7, 11) is -1.79. The molecule has 0 fully saturated rings. The molecule has 0 bridgehead atoms. The minimum atomic E-state index is -1.79. The fourth-order valence-corrected chi connectivity index (χ4v) is 3.94. The Morgan fingerprint density at radius 3 is 2.65 bits per heavy atom. The van der Waals surface area contributed by atoms with Gasteiger partial charge in [0.05, 0.1) is 18.8 Å². The average Bonchev–Trinajstić information content (AvgIpc) is 3.30. The number of carbonyl (C=O) groups is 2. The van der Waals surface area contributed by atoms with Gasteiger partial charge in [-0.15, -0.1) is 0 Å². The molecule has 10 heteroatoms. The Labute approximate surface area is 216 Å². The summed E-state index contributed by atoms with van der Waals surface area (Å²) in [6.07, 6.45) is 2.83. The number of benzene rings is 2. The number of amides is 2. The van der Waals surface area contributed by atoms with Crippen molar-refractivity contribution in [1.82, 2.24) is 10.2 Å². The molecular weight excluding hydrogens is 473 g/mol. The number of ether oxygens (including phenoxy) is 1. The number of hydrogen-bond donors (Lipinski definition) is 3. The molecule has 0 radical (unpaired) electrons. The Morgan fingerprint density at radius 2 is 1.95 bits per heavy atom. The molecule has 3 rings (SSSR count). The second-order valence-corrected chi connectivity index (χ2v) is 8.40. The van der Waals surface area contributed by atoms with Gasteiger partial charge in [0.1, 0.15) is 17.2 Å². The van der Waals surface area contributed by atoms with E-state index in [9.17, 15) is 24.9 Å². The van der Waals surface area contributed by atoms with Crippen LogP contribution in [-0.2, 0) is 22.4 Å². The number of furan rings is 1. The lowest BCUT2D eigenvalue weighted by molar-refractivity contribution is -0.126. The van der Waals surface area contributed by atoms with Gasteiger partial charge in [0.2, 0.25) is 0 Å². The van der Waals surface area contributed by atoms with Crippen molar-refractivity contribution in [3.05, 3.63) is 77.1 Å². The monoisotopic (exact) mass is 503 g/mol. The molecule has 192 valence electrons. The third kappa shape index (κ3) is 7.46. The number of para-hydroxylation sites is 1. The van der Waals surface area contributed by atoms with Crippen molar-refractivity contribution in [2.24, 2.45) is 0 Å². The van der Waals surface area contributed by atoms with E-state index in [0.29, 0.717) is 30.7 Å². The predicted molar refractivity (Wildman–Crippen MR) is 140 cm³/mol. The zero-order chi connectivity index (χ0) is 26.8. The van der Waals surface area contributed by atoms with Gasteiger partial charge in [-0.3, -0.25) is 4.79 Å². The maximum atomic E-state index is 12.5. The molecule has 0 spiro atoms. The molecule has 2 amide bonds. The van der Waals surface area contributed by atoms with E-state index in [1.807, 2.05) is 50.2 Å². The van der Waals surface area contributed by atoms with Crippen molar-refractivity contribution in [2.45, 2.75) is 32.6 Å². The van der Waals surface area contributed by atoms with Crippen LogP contribution in [0.4, 0.5) is 4.79 Å². The molecule has 37 heavy (non-hydrogen) atoms. The van der Waals surface area contributed by atoms with Crippen LogP contribution in [0.3, 0.4) is 0 Å². The number of alkyl carbamates (subject to hydrolysis) is 1. The SMILES string of the molecule is CCN(CC)C(=O)C(C#N)=Cc1cccc(CCOC(=O)N[C@@H](Cc2coc3ccccc23)B(O)O)c1. The Hall–Kier alpha value is -4.07. The molecule has 3 aromatic rings. The van der Waals surface area contributed by atoms with Crippen LogP contribution in [0.5, 0.6) is 0 Å². The zero-order valence-corrected chi connectivity index (χ0v) is 20.9. The largest absolute Gasteiger partial charge is 0.475 e. The van der Waals surface area contributed by atoms with Crippen LogP contribution in [0.1, 0.15) is 30.5 Å². The minimum Gasteiger partial charge on any atom is -0.464 e. The highest BCUT2D eigenvalue weighted by Gasteiger charge is 2.27. The first-order valence-corrected chi connectivity index (χ1v) is 12.1. The summed E-state index contributed by atoms with van der Waals surface area (Å²) in [5.74, 6) is -1.31. The van der Waals surface area contributed by atoms with Gasteiger partial charge < -0.3 is 29.4 Å². The summed E-state index contributed by atoms with van der Waals surface area (Å²) in [6.45, 7) is 4.79. The molecule has 9 nitrogen and oxygen atoms in total. The van der Waals surface area contributed by atoms with Crippen molar-refractivity contribution in [1.29, 1.82) is 5.26 Å². The fraction of sp³-hybridized carbons (Fsp3) is 0.296. The van der Waals surface area contributed by atoms with Crippen molar-refractivity contribution in [3.8, 4) is 6.07 Å². The number of nitrogens with zero attached hydrogens (tertiary/aromatic N) is 2. The maximum absolute atomic E-state index is 12.5. The third-order valence-electron chi connectivity index (χ3n) is 5.95. The van der Waals surface area contributed by atoms with E-state index >= 15 is 0 Å². The molecule has 2 aromatic carbocycles. The first-order chi connectivity index (χ1) is 17.9. The summed E-state index contributed by atoms with van der Waals surface area (Å²) in [6, 6.07) is 16.6. The molecule has 0 aliphatic heterocycles. The van der Waals surface area contributed by atoms with E-state index in [0.717, 1.165) is 16.5 Å². The van der Waals surface area contributed by atoms with Crippen molar-refractivity contribution >= 4 is 36.2 Å². The molecule has 0 saturated heterocycles. The quantitative estimate of drug-likeness (QED) is 0.208. The van der Waals surface area contributed by atoms with Crippen LogP contribution in [0.15, 0.2) is 64.8 Å². The van der Waals surface area contributed by atoms with E-state index in [2.05, 4.69) is 5.32 Å². The van der Waals surface area contributed by atoms with Gasteiger partial charge in [-0.05, 0) is 49.1 Å². The van der Waals surface area contributed by atoms with Gasteiger partial charge in [0.15, 0.2) is 0 Å². The van der Waals surface area contributed by atoms with E-state index in [1.165, 1.54) is 6.26 Å². The Balaban J connectivity index is 1.56. The second-order valence-electron chi connectivity index (χ2n) is 8.40. The lowest BCUT2D eigenvalue weighted by Gasteiger charge is -2.17. The van der Waals surface area contributed by atoms with Crippen LogP contribution < -0.4 is 5.32 Å². The summed E-state index contributed by atoms with van der Waals surface area (Å²) in [5.41, 5.74) is 2.99. The summed E-state index contributed by atoms with van der Waals surface area (Å²) >= 11 is 0. The second kappa shape index (κ2) is 13.3. The lowest BCUT2D eigenvalue weighted by atomic mass is 9.76. The smallest absolute Gasteiger partial charge is 0.464 e. The molecule has 0 unspecified atom stereocenters. The number of rotatable bonds is 11. The van der Waals surface area contributed by atoms with Gasteiger partial charge in [-0.1, -0.05) is 42.5 Å². The van der Waals surface area contributed by atoms with E-state index in [4.69, 9.17) is 9.15 Å². The van der Waals surface area contributed by atoms with Gasteiger partial charge in [-0.2, -0.15) is 5.26 Å². The number of fused-ring (bicyclic) bond motifs is 1. The predicted octanol–water partition coefficient (Wildman–Crippen LogP) is 3.10. The molecule has 0 saturated carbocycles. The minimum absolute atomic E-state index is 0.0470. The molecule has 0 aliphatic carbocycles. The van der Waals surface area contributed by atoms with Gasteiger partial charge >= 0.3 is 13.2 Å². The Morgan fingerprint density at radius 1 is 1.19 bits per heavy atom. The molecule has 3 N–H and O–H groups in total. The summed E-state index contributed by atoms with van der Waals surface area (Å²) in [4.78, 5) is 26.4. The summed E-state index contributed by atoms with van der Waals surface area (Å²) in [5, 5.41) is 32.3. The maximum Gasteiger partial charge on any atom is 0.475 e. The standard InChI is InChI=1S/C27H30BN3O6/c1-3-31(4-2)26(32)21(17-29)15-20-9-7-8-19(14-20)12-13-36-27(33)30-25(28(34)35)16-22-18-37-24-11-6-5-10-23(22)24/h5-11,14-15,18,25,34-35H,3-4,12-13,16H2,1-2H3,(H,30,33)/t25-/m0/s1. The van der Waals surface area contributed by atoms with E-state index < -0.39 is 19.2 Å². The molecular formula is C27H30BN3O6. The Kier molecular flexibility index (Phi) is 9.89. The van der Waals surface area contributed by atoms with Gasteiger partial charge in [0.25, 0.3) is 5.91 Å². The molecule has 1 aromatic heterocycles. The zero-order valence-electron chi connectivity index (χ0n) is 20.9. The van der Waals surface area contributed by atoms with Crippen LogP contribution >= 0.6 is 0 Å². The van der Waals surface area contributed by atoms with E-state index in [-0.39, 0.29) is 24.5 Å². The van der Waals surface area contributed by atoms with Gasteiger partial charge in [-0.25, -0.2) is 4.79 Å².